The maximum Gasteiger partial charge on any atom is 0 e. The van der Waals surface area contributed by atoms with Crippen molar-refractivity contribution in [2.24, 2.45) is 5.92 Å². The van der Waals surface area contributed by atoms with Gasteiger partial charge in [0.15, 0.2) is 0 Å². The Morgan fingerprint density at radius 2 is 1.95 bits per heavy atom. The van der Waals surface area contributed by atoms with E-state index in [0.29, 0.717) is 16.7 Å². The van der Waals surface area contributed by atoms with Gasteiger partial charge < -0.3 is 25.5 Å². The molecule has 1 unspecified atom stereocenters. The first-order chi connectivity index (χ1) is 8.19. The Bertz CT molecular complexity index is 379. The van der Waals surface area contributed by atoms with Gasteiger partial charge in [0.2, 0.25) is 0 Å². The van der Waals surface area contributed by atoms with Crippen molar-refractivity contribution in [3.63, 3.8) is 0 Å². The predicted octanol–water partition coefficient (Wildman–Crippen LogP) is 2.38. The van der Waals surface area contributed by atoms with E-state index in [0.717, 1.165) is 6.42 Å². The molecule has 6 heteroatoms. The van der Waals surface area contributed by atoms with Crippen LogP contribution in [0.15, 0.2) is 35.1 Å². The van der Waals surface area contributed by atoms with Gasteiger partial charge in [0.1, 0.15) is 0 Å². The zero-order valence-electron chi connectivity index (χ0n) is 11.6. The van der Waals surface area contributed by atoms with Crippen LogP contribution < -0.4 is 0 Å². The van der Waals surface area contributed by atoms with Crippen LogP contribution in [0.2, 0.25) is 0 Å². The standard InChI is InChI=1S/C14H14O3.3Y/c1-11(7-15)12(2)9-17-10-14(8-16)13-5-3-4-6-13;;;/h3-5,9-10,13H,6H2,1-2H3;;;/q-4;;;/b12-11?,14-10-;;;. The molecule has 0 aromatic carbocycles. The van der Waals surface area contributed by atoms with E-state index in [1.807, 2.05) is 24.9 Å². The summed E-state index contributed by atoms with van der Waals surface area (Å²) in [6.07, 6.45) is 11.6. The maximum absolute atomic E-state index is 10.7. The molecule has 0 bridgehead atoms. The van der Waals surface area contributed by atoms with Gasteiger partial charge in [-0.1, -0.05) is 6.26 Å². The second-order valence-corrected chi connectivity index (χ2v) is 3.80. The summed E-state index contributed by atoms with van der Waals surface area (Å²) in [4.78, 5) is 21.1. The first-order valence-corrected chi connectivity index (χ1v) is 5.31. The van der Waals surface area contributed by atoms with Gasteiger partial charge in [0, 0.05) is 98.1 Å². The van der Waals surface area contributed by atoms with Gasteiger partial charge in [-0.2, -0.15) is 12.2 Å². The molecule has 1 aliphatic rings. The number of hydrogen-bond acceptors (Lipinski definition) is 3. The monoisotopic (exact) mass is 497 g/mol. The second-order valence-electron chi connectivity index (χ2n) is 3.80. The van der Waals surface area contributed by atoms with Crippen molar-refractivity contribution in [2.75, 3.05) is 0 Å². The summed E-state index contributed by atoms with van der Waals surface area (Å²) < 4.78 is 5.15. The first kappa shape index (κ1) is 26.3. The van der Waals surface area contributed by atoms with Crippen LogP contribution in [-0.4, -0.2) is 12.6 Å². The van der Waals surface area contributed by atoms with Gasteiger partial charge >= 0.3 is 0 Å². The average molecular weight is 497 g/mol. The summed E-state index contributed by atoms with van der Waals surface area (Å²) in [6.45, 7) is 4.80. The van der Waals surface area contributed by atoms with Crippen LogP contribution in [-0.2, 0) is 112 Å². The number of ether oxygens (including phenoxy) is 1. The van der Waals surface area contributed by atoms with Gasteiger partial charge in [-0.15, -0.1) is 32.5 Å². The minimum absolute atomic E-state index is 0. The fourth-order valence-electron chi connectivity index (χ4n) is 1.31. The third kappa shape index (κ3) is 9.43. The number of allylic oxidation sites excluding steroid dienone is 4. The minimum Gasteiger partial charge on any atom is -0.659 e. The molecule has 0 saturated carbocycles. The van der Waals surface area contributed by atoms with Gasteiger partial charge in [-0.25, -0.2) is 18.6 Å². The van der Waals surface area contributed by atoms with Gasteiger partial charge in [-0.05, 0) is 6.29 Å². The van der Waals surface area contributed by atoms with Crippen LogP contribution in [0, 0.1) is 18.9 Å². The molecular weight excluding hydrogens is 483 g/mol. The average Bonchev–Trinajstić information content (AvgIpc) is 2.87. The van der Waals surface area contributed by atoms with E-state index >= 15 is 0 Å². The van der Waals surface area contributed by atoms with E-state index in [9.17, 15) is 9.59 Å². The molecule has 3 radical (unpaired) electrons. The molecule has 0 aromatic rings. The van der Waals surface area contributed by atoms with E-state index in [1.54, 1.807) is 20.1 Å². The summed E-state index contributed by atoms with van der Waals surface area (Å²) in [6, 6.07) is 0. The van der Waals surface area contributed by atoms with E-state index in [1.165, 1.54) is 12.9 Å². The van der Waals surface area contributed by atoms with Crippen molar-refractivity contribution < 1.29 is 112 Å². The Balaban J connectivity index is -0.000000963. The van der Waals surface area contributed by atoms with Crippen LogP contribution in [0.3, 0.4) is 0 Å². The zero-order valence-corrected chi connectivity index (χ0v) is 20.1. The fourth-order valence-corrected chi connectivity index (χ4v) is 1.31. The smallest absolute Gasteiger partial charge is 0 e. The van der Waals surface area contributed by atoms with E-state index in [2.05, 4.69) is 0 Å². The Morgan fingerprint density at radius 3 is 2.40 bits per heavy atom. The van der Waals surface area contributed by atoms with Crippen molar-refractivity contribution in [3.05, 3.63) is 48.2 Å². The molecule has 0 saturated heterocycles. The summed E-state index contributed by atoms with van der Waals surface area (Å²) >= 11 is 0. The number of hydrogen-bond donors (Lipinski definition) is 0. The Hall–Kier alpha value is 1.41. The van der Waals surface area contributed by atoms with Crippen molar-refractivity contribution in [1.29, 1.82) is 0 Å². The normalized spacial score (nSPS) is 17.3. The summed E-state index contributed by atoms with van der Waals surface area (Å²) in [5.74, 6) is 0.0453. The zero-order chi connectivity index (χ0) is 12.7. The fraction of sp³-hybridized carbons (Fsp3) is 0.286. The third-order valence-electron chi connectivity index (χ3n) is 2.57. The van der Waals surface area contributed by atoms with Crippen LogP contribution in [0.1, 0.15) is 20.3 Å². The number of carbonyl (C=O) groups excluding carboxylic acids is 2. The van der Waals surface area contributed by atoms with E-state index in [4.69, 9.17) is 4.74 Å². The molecule has 1 rings (SSSR count). The van der Waals surface area contributed by atoms with Crippen molar-refractivity contribution in [1.82, 2.24) is 0 Å². The topological polar surface area (TPSA) is 43.4 Å². The molecular formula is C14H14O3Y3-4. The first-order valence-electron chi connectivity index (χ1n) is 5.31. The Labute approximate surface area is 196 Å². The predicted molar refractivity (Wildman–Crippen MR) is 64.8 cm³/mol. The third-order valence-corrected chi connectivity index (χ3v) is 2.57. The molecule has 0 spiro atoms. The molecule has 1 aliphatic carbocycles. The van der Waals surface area contributed by atoms with Gasteiger partial charge in [-0.3, -0.25) is 0 Å². The molecule has 0 aliphatic heterocycles. The maximum atomic E-state index is 10.7. The SMILES string of the molecule is CC([C-]=O)=C(C)[CH-]O/C=C(/[C-]=O)C1[CH-]C=CC1.[Y].[Y].[Y]. The molecule has 0 amide bonds. The van der Waals surface area contributed by atoms with Gasteiger partial charge in [0.25, 0.3) is 0 Å². The van der Waals surface area contributed by atoms with Crippen LogP contribution in [0.25, 0.3) is 0 Å². The van der Waals surface area contributed by atoms with Gasteiger partial charge in [0.05, 0.1) is 0 Å². The molecule has 3 nitrogen and oxygen atoms in total. The van der Waals surface area contributed by atoms with Crippen LogP contribution in [0.5, 0.6) is 0 Å². The van der Waals surface area contributed by atoms with Crippen molar-refractivity contribution in [3.8, 4) is 0 Å². The molecule has 20 heavy (non-hydrogen) atoms. The minimum atomic E-state index is 0. The van der Waals surface area contributed by atoms with Crippen LogP contribution >= 0.6 is 0 Å². The summed E-state index contributed by atoms with van der Waals surface area (Å²) in [5, 5.41) is 0. The van der Waals surface area contributed by atoms with E-state index in [-0.39, 0.29) is 104 Å². The largest absolute Gasteiger partial charge is 0.659 e. The van der Waals surface area contributed by atoms with Crippen LogP contribution in [0.4, 0.5) is 0 Å². The molecule has 1 atom stereocenters. The summed E-state index contributed by atoms with van der Waals surface area (Å²) in [5.41, 5.74) is 1.62. The molecule has 0 fully saturated rings. The Morgan fingerprint density at radius 1 is 1.30 bits per heavy atom. The summed E-state index contributed by atoms with van der Waals surface area (Å²) in [7, 11) is 0. The second kappa shape index (κ2) is 15.3. The molecule has 0 N–H and O–H groups in total. The van der Waals surface area contributed by atoms with Crippen molar-refractivity contribution >= 4 is 12.6 Å². The molecule has 0 heterocycles. The number of rotatable bonds is 6. The van der Waals surface area contributed by atoms with E-state index < -0.39 is 0 Å². The van der Waals surface area contributed by atoms with Crippen molar-refractivity contribution in [2.45, 2.75) is 20.3 Å². The Kier molecular flexibility index (Phi) is 20.1. The quantitative estimate of drug-likeness (QED) is 0.322. The molecule has 101 valence electrons. The molecule has 0 aromatic heterocycles.